The Labute approximate surface area is 181 Å². The van der Waals surface area contributed by atoms with E-state index in [0.29, 0.717) is 30.8 Å². The molecule has 10 heteroatoms. The van der Waals surface area contributed by atoms with Crippen LogP contribution >= 0.6 is 0 Å². The molecule has 0 bridgehead atoms. The van der Waals surface area contributed by atoms with Crippen LogP contribution in [-0.2, 0) is 39.9 Å². The fourth-order valence-electron chi connectivity index (χ4n) is 3.24. The number of benzene rings is 1. The Morgan fingerprint density at radius 1 is 1.16 bits per heavy atom. The highest BCUT2D eigenvalue weighted by atomic mass is 19.4. The molecule has 7 nitrogen and oxygen atoms in total. The molecule has 0 aliphatic carbocycles. The molecule has 32 heavy (non-hydrogen) atoms. The molecule has 1 aromatic heterocycles. The van der Waals surface area contributed by atoms with Gasteiger partial charge in [0.05, 0.1) is 24.2 Å². The third-order valence-electron chi connectivity index (χ3n) is 4.92. The van der Waals surface area contributed by atoms with Crippen molar-refractivity contribution in [3.05, 3.63) is 70.6 Å². The van der Waals surface area contributed by atoms with E-state index in [1.54, 1.807) is 17.2 Å². The van der Waals surface area contributed by atoms with Gasteiger partial charge in [-0.1, -0.05) is 12.1 Å². The molecule has 0 saturated heterocycles. The molecular formula is C22H20F3N3O4. The minimum atomic E-state index is -4.42. The van der Waals surface area contributed by atoms with Crippen molar-refractivity contribution in [2.45, 2.75) is 25.6 Å². The summed E-state index contributed by atoms with van der Waals surface area (Å²) in [7, 11) is 0. The average Bonchev–Trinajstić information content (AvgIpc) is 2.75. The monoisotopic (exact) mass is 447 g/mol. The number of rotatable bonds is 6. The number of halogens is 3. The molecule has 0 fully saturated rings. The van der Waals surface area contributed by atoms with Gasteiger partial charge in [-0.25, -0.2) is 0 Å². The topological polar surface area (TPSA) is 99.6 Å². The largest absolute Gasteiger partial charge is 0.481 e. The molecule has 0 atom stereocenters. The zero-order valence-electron chi connectivity index (χ0n) is 16.9. The Hall–Kier alpha value is -3.69. The molecule has 1 aliphatic rings. The summed E-state index contributed by atoms with van der Waals surface area (Å²) in [6.45, 7) is 0.515. The van der Waals surface area contributed by atoms with Crippen molar-refractivity contribution in [1.29, 1.82) is 0 Å². The molecule has 0 spiro atoms. The van der Waals surface area contributed by atoms with E-state index in [-0.39, 0.29) is 18.9 Å². The summed E-state index contributed by atoms with van der Waals surface area (Å²) in [5, 5.41) is 11.3. The van der Waals surface area contributed by atoms with Crippen LogP contribution in [0.15, 0.2) is 42.6 Å². The number of hydrogen-bond acceptors (Lipinski definition) is 4. The number of carboxylic acids is 1. The van der Waals surface area contributed by atoms with Crippen LogP contribution in [0.1, 0.15) is 27.9 Å². The van der Waals surface area contributed by atoms with Crippen LogP contribution in [-0.4, -0.2) is 45.9 Å². The van der Waals surface area contributed by atoms with Crippen molar-refractivity contribution in [2.24, 2.45) is 0 Å². The molecule has 2 heterocycles. The summed E-state index contributed by atoms with van der Waals surface area (Å²) < 4.78 is 37.7. The summed E-state index contributed by atoms with van der Waals surface area (Å²) in [6, 6.07) is 6.08. The van der Waals surface area contributed by atoms with Crippen LogP contribution in [0.25, 0.3) is 6.08 Å². The number of aliphatic carboxylic acids is 1. The van der Waals surface area contributed by atoms with Crippen LogP contribution < -0.4 is 5.32 Å². The Morgan fingerprint density at radius 2 is 1.88 bits per heavy atom. The number of aromatic nitrogens is 1. The van der Waals surface area contributed by atoms with Crippen molar-refractivity contribution in [3.8, 4) is 0 Å². The Morgan fingerprint density at radius 3 is 2.53 bits per heavy atom. The maximum absolute atomic E-state index is 12.6. The molecule has 3 rings (SSSR count). The lowest BCUT2D eigenvalue weighted by molar-refractivity contribution is -0.138. The van der Waals surface area contributed by atoms with Gasteiger partial charge in [0.15, 0.2) is 0 Å². The minimum absolute atomic E-state index is 0.165. The highest BCUT2D eigenvalue weighted by Gasteiger charge is 2.29. The average molecular weight is 447 g/mol. The van der Waals surface area contributed by atoms with Crippen LogP contribution in [0, 0.1) is 0 Å². The van der Waals surface area contributed by atoms with Crippen LogP contribution in [0.2, 0.25) is 0 Å². The molecule has 0 saturated carbocycles. The van der Waals surface area contributed by atoms with Gasteiger partial charge < -0.3 is 15.3 Å². The first-order chi connectivity index (χ1) is 15.1. The first-order valence-corrected chi connectivity index (χ1v) is 9.71. The van der Waals surface area contributed by atoms with Gasteiger partial charge in [0.25, 0.3) is 0 Å². The summed E-state index contributed by atoms with van der Waals surface area (Å²) in [6.07, 6.45) is 0.0386. The predicted octanol–water partition coefficient (Wildman–Crippen LogP) is 2.44. The van der Waals surface area contributed by atoms with E-state index in [1.807, 2.05) is 0 Å². The summed E-state index contributed by atoms with van der Waals surface area (Å²) >= 11 is 0. The van der Waals surface area contributed by atoms with Crippen LogP contribution in [0.4, 0.5) is 13.2 Å². The zero-order valence-corrected chi connectivity index (χ0v) is 16.9. The SMILES string of the molecule is O=C(O)Cc1cc2c(cn1)CN(C(=O)CNC(=O)/C=C/c1ccc(C(F)(F)F)cc1)CC2. The number of carbonyl (C=O) groups excluding carboxylic acids is 2. The van der Waals surface area contributed by atoms with E-state index in [2.05, 4.69) is 10.3 Å². The summed E-state index contributed by atoms with van der Waals surface area (Å²) in [5.41, 5.74) is 1.88. The molecule has 2 N–H and O–H groups in total. The fraction of sp³-hybridized carbons (Fsp3) is 0.273. The van der Waals surface area contributed by atoms with E-state index >= 15 is 0 Å². The van der Waals surface area contributed by atoms with Gasteiger partial charge in [0.2, 0.25) is 11.8 Å². The van der Waals surface area contributed by atoms with Crippen molar-refractivity contribution >= 4 is 23.9 Å². The quantitative estimate of drug-likeness (QED) is 0.663. The van der Waals surface area contributed by atoms with Crippen molar-refractivity contribution in [2.75, 3.05) is 13.1 Å². The van der Waals surface area contributed by atoms with Gasteiger partial charge in [-0.3, -0.25) is 19.4 Å². The maximum atomic E-state index is 12.6. The number of alkyl halides is 3. The van der Waals surface area contributed by atoms with Crippen molar-refractivity contribution < 1.29 is 32.7 Å². The van der Waals surface area contributed by atoms with Crippen molar-refractivity contribution in [1.82, 2.24) is 15.2 Å². The Kier molecular flexibility index (Phi) is 6.92. The number of fused-ring (bicyclic) bond motifs is 1. The lowest BCUT2D eigenvalue weighted by atomic mass is 10.0. The second-order valence-electron chi connectivity index (χ2n) is 7.25. The lowest BCUT2D eigenvalue weighted by Crippen LogP contribution is -2.42. The highest BCUT2D eigenvalue weighted by molar-refractivity contribution is 5.94. The number of amides is 2. The molecular weight excluding hydrogens is 427 g/mol. The van der Waals surface area contributed by atoms with Crippen LogP contribution in [0.5, 0.6) is 0 Å². The first kappa shape index (κ1) is 23.0. The van der Waals surface area contributed by atoms with Gasteiger partial charge in [0.1, 0.15) is 0 Å². The van der Waals surface area contributed by atoms with Gasteiger partial charge in [0, 0.05) is 25.4 Å². The van der Waals surface area contributed by atoms with Gasteiger partial charge >= 0.3 is 12.1 Å². The van der Waals surface area contributed by atoms with Crippen molar-refractivity contribution in [3.63, 3.8) is 0 Å². The Bertz CT molecular complexity index is 1050. The standard InChI is InChI=1S/C22H20F3N3O4/c23-22(24,25)17-4-1-14(2-5-17)3-6-19(29)27-12-20(30)28-8-7-15-9-18(10-21(31)32)26-11-16(15)13-28/h1-6,9,11H,7-8,10,12-13H2,(H,27,29)(H,31,32)/b6-3+. The normalized spacial score (nSPS) is 13.7. The number of carboxylic acid groups (broad SMARTS) is 1. The van der Waals surface area contributed by atoms with E-state index < -0.39 is 23.6 Å². The van der Waals surface area contributed by atoms with Gasteiger partial charge in [-0.15, -0.1) is 0 Å². The number of hydrogen-bond donors (Lipinski definition) is 2. The minimum Gasteiger partial charge on any atom is -0.481 e. The third-order valence-corrected chi connectivity index (χ3v) is 4.92. The number of pyridine rings is 1. The number of nitrogens with one attached hydrogen (secondary N) is 1. The molecule has 1 aliphatic heterocycles. The predicted molar refractivity (Wildman–Crippen MR) is 108 cm³/mol. The maximum Gasteiger partial charge on any atom is 0.416 e. The molecule has 2 aromatic rings. The van der Waals surface area contributed by atoms with E-state index in [0.717, 1.165) is 29.3 Å². The second kappa shape index (κ2) is 9.63. The number of nitrogens with zero attached hydrogens (tertiary/aromatic N) is 2. The number of carbonyl (C=O) groups is 3. The third kappa shape index (κ3) is 6.16. The van der Waals surface area contributed by atoms with E-state index in [1.165, 1.54) is 18.2 Å². The van der Waals surface area contributed by atoms with Gasteiger partial charge in [-0.2, -0.15) is 13.2 Å². The highest BCUT2D eigenvalue weighted by Crippen LogP contribution is 2.29. The van der Waals surface area contributed by atoms with E-state index in [9.17, 15) is 27.6 Å². The fourth-order valence-corrected chi connectivity index (χ4v) is 3.24. The van der Waals surface area contributed by atoms with Crippen LogP contribution in [0.3, 0.4) is 0 Å². The second-order valence-corrected chi connectivity index (χ2v) is 7.25. The molecule has 1 aromatic carbocycles. The molecule has 168 valence electrons. The van der Waals surface area contributed by atoms with E-state index in [4.69, 9.17) is 5.11 Å². The summed E-state index contributed by atoms with van der Waals surface area (Å²) in [4.78, 5) is 40.9. The summed E-state index contributed by atoms with van der Waals surface area (Å²) in [5.74, 6) is -1.80. The molecule has 0 radical (unpaired) electrons. The van der Waals surface area contributed by atoms with Gasteiger partial charge in [-0.05, 0) is 47.4 Å². The first-order valence-electron chi connectivity index (χ1n) is 9.71. The molecule has 2 amide bonds. The Balaban J connectivity index is 1.50. The lowest BCUT2D eigenvalue weighted by Gasteiger charge is -2.29. The molecule has 0 unspecified atom stereocenters. The zero-order chi connectivity index (χ0) is 23.3. The smallest absolute Gasteiger partial charge is 0.416 e.